The van der Waals surface area contributed by atoms with E-state index in [1.807, 2.05) is 0 Å². The molecule has 10 heteroatoms. The third-order valence-electron chi connectivity index (χ3n) is 5.41. The fraction of sp³-hybridized carbons (Fsp3) is 0.300. The van der Waals surface area contributed by atoms with Crippen LogP contribution in [0.2, 0.25) is 5.02 Å². The summed E-state index contributed by atoms with van der Waals surface area (Å²) < 4.78 is 0. The number of nitrogens with two attached hydrogens (primary N) is 1. The number of aryl methyl sites for hydroxylation is 1. The van der Waals surface area contributed by atoms with Gasteiger partial charge < -0.3 is 16.4 Å². The average Bonchev–Trinajstić information content (AvgIpc) is 3.31. The van der Waals surface area contributed by atoms with Gasteiger partial charge in [-0.3, -0.25) is 19.3 Å². The number of rotatable bonds is 5. The molecule has 1 atom stereocenters. The van der Waals surface area contributed by atoms with Crippen molar-refractivity contribution >= 4 is 51.7 Å². The van der Waals surface area contributed by atoms with E-state index in [0.29, 0.717) is 21.2 Å². The van der Waals surface area contributed by atoms with E-state index in [-0.39, 0.29) is 0 Å². The number of nitrogens with zero attached hydrogens (tertiary/aromatic N) is 1. The van der Waals surface area contributed by atoms with Gasteiger partial charge in [-0.15, -0.1) is 11.3 Å². The van der Waals surface area contributed by atoms with Crippen LogP contribution in [0.4, 0.5) is 9.80 Å². The Kier molecular flexibility index (Phi) is 5.03. The Balaban J connectivity index is 1.53. The number of hydrogen-bond donors (Lipinski definition) is 3. The van der Waals surface area contributed by atoms with E-state index in [1.54, 1.807) is 31.2 Å². The highest BCUT2D eigenvalue weighted by Crippen LogP contribution is 2.39. The third kappa shape index (κ3) is 3.23. The molecule has 5 amide bonds. The van der Waals surface area contributed by atoms with Crippen LogP contribution < -0.4 is 16.4 Å². The van der Waals surface area contributed by atoms with Crippen LogP contribution in [0, 0.1) is 0 Å². The second-order valence-corrected chi connectivity index (χ2v) is 8.91. The van der Waals surface area contributed by atoms with Gasteiger partial charge in [0.25, 0.3) is 11.8 Å². The summed E-state index contributed by atoms with van der Waals surface area (Å²) in [7, 11) is 0. The maximum Gasteiger partial charge on any atom is 0.325 e. The van der Waals surface area contributed by atoms with E-state index in [0.717, 1.165) is 34.6 Å². The van der Waals surface area contributed by atoms with E-state index in [9.17, 15) is 19.2 Å². The molecule has 2 aliphatic rings. The van der Waals surface area contributed by atoms with Crippen LogP contribution in [-0.2, 0) is 28.0 Å². The van der Waals surface area contributed by atoms with Crippen molar-refractivity contribution in [1.29, 1.82) is 0 Å². The maximum absolute atomic E-state index is 13.0. The molecule has 4 rings (SSSR count). The molecule has 8 nitrogen and oxygen atoms in total. The molecule has 1 saturated heterocycles. The highest BCUT2D eigenvalue weighted by Gasteiger charge is 2.50. The minimum Gasteiger partial charge on any atom is -0.365 e. The van der Waals surface area contributed by atoms with Crippen LogP contribution in [0.15, 0.2) is 24.3 Å². The molecule has 1 aliphatic carbocycles. The number of anilines is 1. The number of amides is 5. The van der Waals surface area contributed by atoms with Gasteiger partial charge in [0, 0.05) is 15.5 Å². The SMILES string of the molecule is CC1(c2ccccc2Cl)NC(=O)N(CC(=O)Nc2sc3c(c2C(N)=O)CCC3)C1=O. The van der Waals surface area contributed by atoms with Gasteiger partial charge in [-0.05, 0) is 37.8 Å². The molecule has 1 aliphatic heterocycles. The van der Waals surface area contributed by atoms with E-state index < -0.39 is 35.8 Å². The van der Waals surface area contributed by atoms with Gasteiger partial charge in [0.2, 0.25) is 5.91 Å². The number of thiophene rings is 1. The molecule has 1 aromatic carbocycles. The second kappa shape index (κ2) is 7.41. The predicted octanol–water partition coefficient (Wildman–Crippen LogP) is 2.39. The van der Waals surface area contributed by atoms with Crippen LogP contribution >= 0.6 is 22.9 Å². The normalized spacial score (nSPS) is 20.3. The van der Waals surface area contributed by atoms with Crippen molar-refractivity contribution in [2.75, 3.05) is 11.9 Å². The summed E-state index contributed by atoms with van der Waals surface area (Å²) in [6.07, 6.45) is 2.52. The fourth-order valence-corrected chi connectivity index (χ4v) is 5.59. The number of imide groups is 1. The molecule has 2 aromatic rings. The molecule has 2 heterocycles. The number of carbonyl (C=O) groups excluding carboxylic acids is 4. The topological polar surface area (TPSA) is 122 Å². The van der Waals surface area contributed by atoms with Crippen molar-refractivity contribution < 1.29 is 19.2 Å². The number of benzene rings is 1. The lowest BCUT2D eigenvalue weighted by Gasteiger charge is -2.23. The largest absolute Gasteiger partial charge is 0.365 e. The van der Waals surface area contributed by atoms with Crippen LogP contribution in [0.5, 0.6) is 0 Å². The number of primary amides is 1. The molecular weight excluding hydrogens is 428 g/mol. The second-order valence-electron chi connectivity index (χ2n) is 7.40. The molecule has 0 bridgehead atoms. The molecule has 0 spiro atoms. The quantitative estimate of drug-likeness (QED) is 0.610. The summed E-state index contributed by atoms with van der Waals surface area (Å²) in [4.78, 5) is 51.8. The molecule has 1 unspecified atom stereocenters. The highest BCUT2D eigenvalue weighted by molar-refractivity contribution is 7.17. The van der Waals surface area contributed by atoms with Crippen LogP contribution in [0.1, 0.15) is 39.7 Å². The lowest BCUT2D eigenvalue weighted by atomic mass is 9.92. The molecule has 0 saturated carbocycles. The molecule has 1 fully saturated rings. The summed E-state index contributed by atoms with van der Waals surface area (Å²) in [6, 6.07) is 6.01. The van der Waals surface area contributed by atoms with Gasteiger partial charge >= 0.3 is 6.03 Å². The van der Waals surface area contributed by atoms with Crippen LogP contribution in [-0.4, -0.2) is 35.2 Å². The lowest BCUT2D eigenvalue weighted by molar-refractivity contribution is -0.133. The van der Waals surface area contributed by atoms with Crippen molar-refractivity contribution in [2.45, 2.75) is 31.7 Å². The van der Waals surface area contributed by atoms with Crippen LogP contribution in [0.3, 0.4) is 0 Å². The fourth-order valence-electron chi connectivity index (χ4n) is 3.95. The molecule has 156 valence electrons. The zero-order valence-corrected chi connectivity index (χ0v) is 17.7. The first-order valence-corrected chi connectivity index (χ1v) is 10.5. The molecule has 30 heavy (non-hydrogen) atoms. The Morgan fingerprint density at radius 1 is 1.30 bits per heavy atom. The van der Waals surface area contributed by atoms with Gasteiger partial charge in [0.05, 0.1) is 5.56 Å². The third-order valence-corrected chi connectivity index (χ3v) is 6.95. The molecule has 0 radical (unpaired) electrons. The Morgan fingerprint density at radius 3 is 2.73 bits per heavy atom. The van der Waals surface area contributed by atoms with Crippen molar-refractivity contribution in [1.82, 2.24) is 10.2 Å². The minimum atomic E-state index is -1.38. The van der Waals surface area contributed by atoms with Crippen molar-refractivity contribution in [3.05, 3.63) is 50.9 Å². The number of halogens is 1. The lowest BCUT2D eigenvalue weighted by Crippen LogP contribution is -2.42. The summed E-state index contributed by atoms with van der Waals surface area (Å²) >= 11 is 7.52. The van der Waals surface area contributed by atoms with Crippen molar-refractivity contribution in [2.24, 2.45) is 5.73 Å². The number of hydrogen-bond acceptors (Lipinski definition) is 5. The standard InChI is InChI=1S/C20H19ClN4O4S/c1-20(11-6-2-3-7-12(11)21)18(28)25(19(29)24-20)9-14(26)23-17-15(16(22)27)10-5-4-8-13(10)30-17/h2-3,6-7H,4-5,8-9H2,1H3,(H2,22,27)(H,23,26)(H,24,29). The first kappa shape index (κ1) is 20.4. The summed E-state index contributed by atoms with van der Waals surface area (Å²) in [5.41, 5.74) is 5.77. The predicted molar refractivity (Wildman–Crippen MR) is 113 cm³/mol. The number of urea groups is 1. The van der Waals surface area contributed by atoms with E-state index >= 15 is 0 Å². The van der Waals surface area contributed by atoms with Gasteiger partial charge in [0.15, 0.2) is 0 Å². The van der Waals surface area contributed by atoms with Gasteiger partial charge in [-0.25, -0.2) is 4.79 Å². The first-order chi connectivity index (χ1) is 14.2. The molecular formula is C20H19ClN4O4S. The molecule has 1 aromatic heterocycles. The Hall–Kier alpha value is -2.91. The number of carbonyl (C=O) groups is 4. The highest BCUT2D eigenvalue weighted by atomic mass is 35.5. The molecule has 4 N–H and O–H groups in total. The van der Waals surface area contributed by atoms with E-state index in [1.165, 1.54) is 11.3 Å². The monoisotopic (exact) mass is 446 g/mol. The van der Waals surface area contributed by atoms with Gasteiger partial charge in [-0.2, -0.15) is 0 Å². The van der Waals surface area contributed by atoms with Gasteiger partial charge in [-0.1, -0.05) is 29.8 Å². The zero-order chi connectivity index (χ0) is 21.6. The summed E-state index contributed by atoms with van der Waals surface area (Å²) in [5, 5.41) is 5.96. The smallest absolute Gasteiger partial charge is 0.325 e. The first-order valence-electron chi connectivity index (χ1n) is 9.35. The Bertz CT molecular complexity index is 1100. The average molecular weight is 447 g/mol. The summed E-state index contributed by atoms with van der Waals surface area (Å²) in [5.74, 6) is -1.78. The number of nitrogens with one attached hydrogen (secondary N) is 2. The van der Waals surface area contributed by atoms with Gasteiger partial charge in [0.1, 0.15) is 17.1 Å². The Labute approximate surface area is 181 Å². The van der Waals surface area contributed by atoms with Crippen molar-refractivity contribution in [3.63, 3.8) is 0 Å². The van der Waals surface area contributed by atoms with Crippen LogP contribution in [0.25, 0.3) is 0 Å². The maximum atomic E-state index is 13.0. The minimum absolute atomic E-state index is 0.318. The zero-order valence-electron chi connectivity index (χ0n) is 16.1. The van der Waals surface area contributed by atoms with E-state index in [4.69, 9.17) is 17.3 Å². The number of fused-ring (bicyclic) bond motifs is 1. The van der Waals surface area contributed by atoms with Crippen molar-refractivity contribution in [3.8, 4) is 0 Å². The summed E-state index contributed by atoms with van der Waals surface area (Å²) in [6.45, 7) is 1.05. The Morgan fingerprint density at radius 2 is 2.03 bits per heavy atom. The van der Waals surface area contributed by atoms with E-state index in [2.05, 4.69) is 10.6 Å².